The van der Waals surface area contributed by atoms with Crippen LogP contribution in [0, 0.1) is 12.8 Å². The second-order valence-corrected chi connectivity index (χ2v) is 8.66. The number of nitrogens with one attached hydrogen (secondary N) is 1. The van der Waals surface area contributed by atoms with E-state index in [4.69, 9.17) is 0 Å². The van der Waals surface area contributed by atoms with Crippen LogP contribution in [-0.2, 0) is 16.6 Å². The molecule has 0 fully saturated rings. The Balaban J connectivity index is 2.92. The van der Waals surface area contributed by atoms with Gasteiger partial charge < -0.3 is 5.32 Å². The molecule has 0 aliphatic carbocycles. The second kappa shape index (κ2) is 7.54. The molecule has 0 amide bonds. The Hall–Kier alpha value is -0.430. The van der Waals surface area contributed by atoms with Gasteiger partial charge in [0.15, 0.2) is 0 Å². The van der Waals surface area contributed by atoms with Crippen molar-refractivity contribution in [1.82, 2.24) is 9.62 Å². The summed E-state index contributed by atoms with van der Waals surface area (Å²) < 4.78 is 27.0. The number of thiophene rings is 1. The van der Waals surface area contributed by atoms with Gasteiger partial charge in [0, 0.05) is 25.0 Å². The minimum atomic E-state index is -3.35. The standard InChI is InChI=1S/C14H26N2O2S2/c1-6-11(3)10-16(5)20(17,18)14-8-12(4)13(19-14)9-15-7-2/h8,11,15H,6-7,9-10H2,1-5H3. The highest BCUT2D eigenvalue weighted by Gasteiger charge is 2.24. The highest BCUT2D eigenvalue weighted by Crippen LogP contribution is 2.28. The number of aryl methyl sites for hydroxylation is 1. The molecule has 1 unspecified atom stereocenters. The Morgan fingerprint density at radius 2 is 2.05 bits per heavy atom. The van der Waals surface area contributed by atoms with E-state index >= 15 is 0 Å². The average Bonchev–Trinajstić information content (AvgIpc) is 2.78. The molecule has 1 atom stereocenters. The summed E-state index contributed by atoms with van der Waals surface area (Å²) in [5.41, 5.74) is 1.05. The molecule has 20 heavy (non-hydrogen) atoms. The molecule has 1 aromatic heterocycles. The number of hydrogen-bond acceptors (Lipinski definition) is 4. The van der Waals surface area contributed by atoms with Crippen molar-refractivity contribution < 1.29 is 8.42 Å². The van der Waals surface area contributed by atoms with E-state index in [0.29, 0.717) is 16.7 Å². The van der Waals surface area contributed by atoms with Crippen LogP contribution in [0.15, 0.2) is 10.3 Å². The van der Waals surface area contributed by atoms with E-state index in [0.717, 1.165) is 30.0 Å². The molecule has 0 spiro atoms. The Morgan fingerprint density at radius 3 is 2.60 bits per heavy atom. The molecular formula is C14H26N2O2S2. The molecule has 6 heteroatoms. The third-order valence-electron chi connectivity index (χ3n) is 3.46. The lowest BCUT2D eigenvalue weighted by Crippen LogP contribution is -2.30. The first kappa shape index (κ1) is 17.6. The van der Waals surface area contributed by atoms with E-state index in [1.807, 2.05) is 13.8 Å². The summed E-state index contributed by atoms with van der Waals surface area (Å²) >= 11 is 1.38. The summed E-state index contributed by atoms with van der Waals surface area (Å²) in [6, 6.07) is 1.79. The van der Waals surface area contributed by atoms with Crippen LogP contribution < -0.4 is 5.32 Å². The smallest absolute Gasteiger partial charge is 0.252 e. The number of sulfonamides is 1. The molecule has 0 saturated carbocycles. The molecule has 1 heterocycles. The van der Waals surface area contributed by atoms with Crippen LogP contribution in [0.5, 0.6) is 0 Å². The molecule has 1 rings (SSSR count). The van der Waals surface area contributed by atoms with E-state index in [1.165, 1.54) is 15.6 Å². The van der Waals surface area contributed by atoms with Crippen molar-refractivity contribution in [1.29, 1.82) is 0 Å². The number of hydrogen-bond donors (Lipinski definition) is 1. The lowest BCUT2D eigenvalue weighted by molar-refractivity contribution is 0.394. The molecule has 116 valence electrons. The largest absolute Gasteiger partial charge is 0.312 e. The lowest BCUT2D eigenvalue weighted by atomic mass is 10.1. The summed E-state index contributed by atoms with van der Waals surface area (Å²) in [6.07, 6.45) is 0.981. The Kier molecular flexibility index (Phi) is 6.64. The molecule has 0 aliphatic rings. The van der Waals surface area contributed by atoms with Crippen LogP contribution in [0.2, 0.25) is 0 Å². The van der Waals surface area contributed by atoms with Gasteiger partial charge in [-0.05, 0) is 31.0 Å². The van der Waals surface area contributed by atoms with Gasteiger partial charge in [-0.25, -0.2) is 8.42 Å². The highest BCUT2D eigenvalue weighted by molar-refractivity contribution is 7.91. The van der Waals surface area contributed by atoms with Crippen LogP contribution in [-0.4, -0.2) is 32.9 Å². The van der Waals surface area contributed by atoms with E-state index in [9.17, 15) is 8.42 Å². The molecule has 0 bridgehead atoms. The minimum Gasteiger partial charge on any atom is -0.312 e. The molecule has 0 aromatic carbocycles. The molecule has 0 saturated heterocycles. The maximum absolute atomic E-state index is 12.5. The van der Waals surface area contributed by atoms with Crippen molar-refractivity contribution in [3.8, 4) is 0 Å². The quantitative estimate of drug-likeness (QED) is 0.802. The first-order chi connectivity index (χ1) is 9.32. The van der Waals surface area contributed by atoms with Crippen LogP contribution in [0.1, 0.15) is 37.6 Å². The molecule has 0 radical (unpaired) electrons. The minimum absolute atomic E-state index is 0.372. The third kappa shape index (κ3) is 4.28. The van der Waals surface area contributed by atoms with E-state index in [2.05, 4.69) is 19.2 Å². The van der Waals surface area contributed by atoms with E-state index in [1.54, 1.807) is 13.1 Å². The van der Waals surface area contributed by atoms with Gasteiger partial charge in [0.05, 0.1) is 0 Å². The maximum Gasteiger partial charge on any atom is 0.252 e. The summed E-state index contributed by atoms with van der Waals surface area (Å²) in [4.78, 5) is 1.10. The zero-order valence-corrected chi connectivity index (χ0v) is 14.7. The van der Waals surface area contributed by atoms with Crippen molar-refractivity contribution in [2.24, 2.45) is 5.92 Å². The average molecular weight is 319 g/mol. The molecule has 0 aliphatic heterocycles. The maximum atomic E-state index is 12.5. The zero-order valence-electron chi connectivity index (χ0n) is 13.1. The van der Waals surface area contributed by atoms with Crippen LogP contribution in [0.3, 0.4) is 0 Å². The molecule has 1 aromatic rings. The van der Waals surface area contributed by atoms with E-state index in [-0.39, 0.29) is 0 Å². The van der Waals surface area contributed by atoms with Crippen LogP contribution in [0.4, 0.5) is 0 Å². The fourth-order valence-electron chi connectivity index (χ4n) is 1.85. The second-order valence-electron chi connectivity index (χ2n) is 5.25. The normalized spacial score (nSPS) is 13.9. The van der Waals surface area contributed by atoms with Crippen molar-refractivity contribution in [2.75, 3.05) is 20.1 Å². The fraction of sp³-hybridized carbons (Fsp3) is 0.714. The van der Waals surface area contributed by atoms with Crippen molar-refractivity contribution in [3.05, 3.63) is 16.5 Å². The van der Waals surface area contributed by atoms with Gasteiger partial charge in [-0.15, -0.1) is 11.3 Å². The Bertz CT molecular complexity index is 523. The topological polar surface area (TPSA) is 49.4 Å². The van der Waals surface area contributed by atoms with Gasteiger partial charge in [0.2, 0.25) is 0 Å². The SMILES string of the molecule is CCNCc1sc(S(=O)(=O)N(C)CC(C)CC)cc1C. The van der Waals surface area contributed by atoms with E-state index < -0.39 is 10.0 Å². The zero-order chi connectivity index (χ0) is 15.3. The third-order valence-corrected chi connectivity index (χ3v) is 6.97. The predicted octanol–water partition coefficient (Wildman–Crippen LogP) is 2.83. The Labute approximate surface area is 127 Å². The first-order valence-corrected chi connectivity index (χ1v) is 9.34. The summed E-state index contributed by atoms with van der Waals surface area (Å²) in [5, 5.41) is 3.24. The van der Waals surface area contributed by atoms with Crippen molar-refractivity contribution in [3.63, 3.8) is 0 Å². The fourth-order valence-corrected chi connectivity index (χ4v) is 4.91. The van der Waals surface area contributed by atoms with Gasteiger partial charge in [-0.1, -0.05) is 27.2 Å². The Morgan fingerprint density at radius 1 is 1.40 bits per heavy atom. The van der Waals surface area contributed by atoms with Crippen molar-refractivity contribution in [2.45, 2.75) is 44.9 Å². The number of rotatable bonds is 8. The van der Waals surface area contributed by atoms with Gasteiger partial charge in [-0.2, -0.15) is 4.31 Å². The van der Waals surface area contributed by atoms with Crippen LogP contribution in [0.25, 0.3) is 0 Å². The van der Waals surface area contributed by atoms with Gasteiger partial charge >= 0.3 is 0 Å². The summed E-state index contributed by atoms with van der Waals surface area (Å²) in [7, 11) is -1.68. The molecule has 4 nitrogen and oxygen atoms in total. The highest BCUT2D eigenvalue weighted by atomic mass is 32.2. The van der Waals surface area contributed by atoms with Gasteiger partial charge in [0.25, 0.3) is 10.0 Å². The van der Waals surface area contributed by atoms with Crippen LogP contribution >= 0.6 is 11.3 Å². The summed E-state index contributed by atoms with van der Waals surface area (Å²) in [6.45, 7) is 10.3. The number of nitrogens with zero attached hydrogens (tertiary/aromatic N) is 1. The lowest BCUT2D eigenvalue weighted by Gasteiger charge is -2.19. The predicted molar refractivity (Wildman–Crippen MR) is 85.7 cm³/mol. The molecular weight excluding hydrogens is 292 g/mol. The van der Waals surface area contributed by atoms with Crippen molar-refractivity contribution >= 4 is 21.4 Å². The molecule has 1 N–H and O–H groups in total. The van der Waals surface area contributed by atoms with Gasteiger partial charge in [-0.3, -0.25) is 0 Å². The van der Waals surface area contributed by atoms with Gasteiger partial charge in [0.1, 0.15) is 4.21 Å². The summed E-state index contributed by atoms with van der Waals surface area (Å²) in [5.74, 6) is 0.372. The monoisotopic (exact) mass is 318 g/mol. The first-order valence-electron chi connectivity index (χ1n) is 7.09.